The third-order valence-corrected chi connectivity index (χ3v) is 1.27. The van der Waals surface area contributed by atoms with Gasteiger partial charge >= 0.3 is 6.03 Å². The lowest BCUT2D eigenvalue weighted by Gasteiger charge is -1.91. The number of anilines is 1. The molecule has 6 heteroatoms. The maximum Gasteiger partial charge on any atom is 0.317 e. The summed E-state index contributed by atoms with van der Waals surface area (Å²) in [4.78, 5) is 13.9. The zero-order valence-electron chi connectivity index (χ0n) is 7.87. The smallest absolute Gasteiger partial charge is 0.317 e. The Bertz CT molecular complexity index is 204. The monoisotopic (exact) mass is 207 g/mol. The minimum absolute atomic E-state index is 0.500. The van der Waals surface area contributed by atoms with Crippen molar-refractivity contribution in [2.24, 2.45) is 5.73 Å². The van der Waals surface area contributed by atoms with Gasteiger partial charge in [0.1, 0.15) is 5.82 Å². The fraction of sp³-hybridized carbons (Fsp3) is 0.429. The number of rotatable bonds is 1. The van der Waals surface area contributed by atoms with Crippen LogP contribution in [0.1, 0.15) is 13.8 Å². The zero-order valence-corrected chi connectivity index (χ0v) is 8.69. The summed E-state index contributed by atoms with van der Waals surface area (Å²) < 4.78 is 9.50. The Labute approximate surface area is 81.0 Å². The van der Waals surface area contributed by atoms with E-state index in [2.05, 4.69) is 10.3 Å². The van der Waals surface area contributed by atoms with Crippen molar-refractivity contribution >= 4 is 23.2 Å². The van der Waals surface area contributed by atoms with Gasteiger partial charge in [0, 0.05) is 5.38 Å². The first-order valence-corrected chi connectivity index (χ1v) is 4.56. The Kier molecular flexibility index (Phi) is 12.0. The van der Waals surface area contributed by atoms with Crippen molar-refractivity contribution < 1.29 is 9.18 Å². The molecule has 1 aromatic heterocycles. The molecule has 4 nitrogen and oxygen atoms in total. The number of thiazole rings is 1. The molecule has 0 bridgehead atoms. The van der Waals surface area contributed by atoms with E-state index < -0.39 is 6.03 Å². The Morgan fingerprint density at radius 2 is 2.15 bits per heavy atom. The minimum atomic E-state index is -0.583. The topological polar surface area (TPSA) is 68.0 Å². The second-order valence-corrected chi connectivity index (χ2v) is 2.08. The van der Waals surface area contributed by atoms with Crippen LogP contribution in [0.4, 0.5) is 15.0 Å². The summed E-state index contributed by atoms with van der Waals surface area (Å²) in [6, 6.07) is -0.583. The second-order valence-electron chi connectivity index (χ2n) is 1.36. The normalized spacial score (nSPS) is 7.08. The van der Waals surface area contributed by atoms with E-state index >= 15 is 0 Å². The number of nitrogens with two attached hydrogens (primary N) is 1. The van der Waals surface area contributed by atoms with Gasteiger partial charge in [-0.3, -0.25) is 9.71 Å². The highest BCUT2D eigenvalue weighted by Crippen LogP contribution is 2.04. The number of halogens is 1. The summed E-state index contributed by atoms with van der Waals surface area (Å²) in [5.41, 5.74) is 6.41. The zero-order chi connectivity index (χ0) is 10.7. The first kappa shape index (κ1) is 14.4. The number of primary amides is 1. The Hall–Kier alpha value is -1.17. The fourth-order valence-corrected chi connectivity index (χ4v) is 0.884. The number of carbonyl (C=O) groups excluding carboxylic acids is 1. The lowest BCUT2D eigenvalue weighted by atomic mass is 10.8. The minimum Gasteiger partial charge on any atom is -0.351 e. The van der Waals surface area contributed by atoms with E-state index in [4.69, 9.17) is 5.73 Å². The molecule has 0 spiro atoms. The fourth-order valence-electron chi connectivity index (χ4n) is 0.400. The van der Waals surface area contributed by atoms with E-state index in [1.165, 1.54) is 11.3 Å². The van der Waals surface area contributed by atoms with Crippen molar-refractivity contribution in [2.75, 3.05) is 12.5 Å². The first-order chi connectivity index (χ1) is 6.29. The number of nitrogens with zero attached hydrogens (tertiary/aromatic N) is 1. The van der Waals surface area contributed by atoms with E-state index in [1.54, 1.807) is 10.9 Å². The van der Waals surface area contributed by atoms with Crippen LogP contribution in [0.5, 0.6) is 0 Å². The molecule has 0 radical (unpaired) electrons. The number of urea groups is 1. The van der Waals surface area contributed by atoms with Crippen LogP contribution < -0.4 is 11.1 Å². The molecule has 1 heterocycles. The summed E-state index contributed by atoms with van der Waals surface area (Å²) >= 11 is 1.40. The van der Waals surface area contributed by atoms with Crippen molar-refractivity contribution in [3.05, 3.63) is 10.9 Å². The van der Waals surface area contributed by atoms with Gasteiger partial charge in [-0.2, -0.15) is 0 Å². The molecule has 0 aliphatic carbocycles. The van der Waals surface area contributed by atoms with Crippen LogP contribution in [0.3, 0.4) is 0 Å². The molecule has 2 amide bonds. The van der Waals surface area contributed by atoms with Crippen molar-refractivity contribution in [1.29, 1.82) is 0 Å². The molecule has 1 aromatic rings. The Morgan fingerprint density at radius 1 is 1.62 bits per heavy atom. The molecule has 0 unspecified atom stereocenters. The molecule has 0 saturated carbocycles. The van der Waals surface area contributed by atoms with Crippen LogP contribution in [-0.2, 0) is 0 Å². The third-order valence-electron chi connectivity index (χ3n) is 0.684. The van der Waals surface area contributed by atoms with Gasteiger partial charge in [0.05, 0.1) is 12.7 Å². The van der Waals surface area contributed by atoms with Crippen LogP contribution in [0.15, 0.2) is 10.9 Å². The van der Waals surface area contributed by atoms with Crippen LogP contribution in [0, 0.1) is 0 Å². The van der Waals surface area contributed by atoms with Gasteiger partial charge in [0.25, 0.3) is 0 Å². The molecule has 13 heavy (non-hydrogen) atoms. The molecule has 76 valence electrons. The summed E-state index contributed by atoms with van der Waals surface area (Å²) in [5.74, 6) is 0.507. The maximum absolute atomic E-state index is 10.1. The predicted octanol–water partition coefficient (Wildman–Crippen LogP) is 2.25. The number of hydrogen-bond donors (Lipinski definition) is 2. The van der Waals surface area contributed by atoms with E-state index in [0.29, 0.717) is 13.0 Å². The molecule has 0 aliphatic rings. The van der Waals surface area contributed by atoms with Gasteiger partial charge in [-0.05, 0) is 0 Å². The number of alkyl halides is 1. The Morgan fingerprint density at radius 3 is 2.46 bits per heavy atom. The third kappa shape index (κ3) is 8.74. The average Bonchev–Trinajstić information content (AvgIpc) is 2.63. The molecular weight excluding hydrogens is 193 g/mol. The first-order valence-electron chi connectivity index (χ1n) is 3.61. The van der Waals surface area contributed by atoms with Crippen molar-refractivity contribution in [1.82, 2.24) is 4.98 Å². The van der Waals surface area contributed by atoms with Crippen LogP contribution in [0.25, 0.3) is 0 Å². The van der Waals surface area contributed by atoms with Crippen molar-refractivity contribution in [2.45, 2.75) is 13.8 Å². The molecule has 3 N–H and O–H groups in total. The van der Waals surface area contributed by atoms with Crippen LogP contribution in [-0.4, -0.2) is 18.2 Å². The van der Waals surface area contributed by atoms with E-state index in [1.807, 2.05) is 13.8 Å². The summed E-state index contributed by atoms with van der Waals surface area (Å²) in [7, 11) is 0.500. The number of carbonyl (C=O) groups is 1. The van der Waals surface area contributed by atoms with Gasteiger partial charge in [-0.25, -0.2) is 9.78 Å². The van der Waals surface area contributed by atoms with E-state index in [0.717, 1.165) is 0 Å². The SMILES string of the molecule is CC.CF.NC(=O)Nc1cscn1. The lowest BCUT2D eigenvalue weighted by molar-refractivity contribution is 0.259. The van der Waals surface area contributed by atoms with Gasteiger partial charge in [-0.15, -0.1) is 11.3 Å². The van der Waals surface area contributed by atoms with Gasteiger partial charge in [0.15, 0.2) is 0 Å². The van der Waals surface area contributed by atoms with Crippen LogP contribution >= 0.6 is 11.3 Å². The van der Waals surface area contributed by atoms with Gasteiger partial charge in [-0.1, -0.05) is 13.8 Å². The van der Waals surface area contributed by atoms with Crippen LogP contribution in [0.2, 0.25) is 0 Å². The molecule has 0 aliphatic heterocycles. The summed E-state index contributed by atoms with van der Waals surface area (Å²) in [5, 5.41) is 4.02. The van der Waals surface area contributed by atoms with Crippen molar-refractivity contribution in [3.8, 4) is 0 Å². The lowest BCUT2D eigenvalue weighted by Crippen LogP contribution is -2.19. The maximum atomic E-state index is 10.1. The van der Waals surface area contributed by atoms with Gasteiger partial charge < -0.3 is 5.73 Å². The highest BCUT2D eigenvalue weighted by Gasteiger charge is 1.94. The van der Waals surface area contributed by atoms with Crippen molar-refractivity contribution in [3.63, 3.8) is 0 Å². The standard InChI is InChI=1S/C4H5N3OS.C2H6.CH3F/c5-4(8)7-3-1-9-2-6-3;2*1-2/h1-2H,(H3,5,7,8);1-2H3;1H3. The molecule has 0 saturated heterocycles. The number of aromatic nitrogens is 1. The molecule has 1 rings (SSSR count). The van der Waals surface area contributed by atoms with E-state index in [9.17, 15) is 9.18 Å². The quantitative estimate of drug-likeness (QED) is 0.741. The summed E-state index contributed by atoms with van der Waals surface area (Å²) in [6.07, 6.45) is 0. The molecular formula is C7H14FN3OS. The summed E-state index contributed by atoms with van der Waals surface area (Å²) in [6.45, 7) is 4.00. The predicted molar refractivity (Wildman–Crippen MR) is 53.7 cm³/mol. The molecule has 0 aromatic carbocycles. The molecule has 0 fully saturated rings. The number of amides is 2. The largest absolute Gasteiger partial charge is 0.351 e. The average molecular weight is 207 g/mol. The number of nitrogens with one attached hydrogen (secondary N) is 1. The molecule has 0 atom stereocenters. The Balaban J connectivity index is 0. The second kappa shape index (κ2) is 10.8. The highest BCUT2D eigenvalue weighted by molar-refractivity contribution is 7.07. The highest BCUT2D eigenvalue weighted by atomic mass is 32.1. The number of hydrogen-bond acceptors (Lipinski definition) is 3. The van der Waals surface area contributed by atoms with E-state index in [-0.39, 0.29) is 0 Å². The van der Waals surface area contributed by atoms with Gasteiger partial charge in [0.2, 0.25) is 0 Å².